The lowest BCUT2D eigenvalue weighted by molar-refractivity contribution is -0.137. The van der Waals surface area contributed by atoms with Crippen molar-refractivity contribution in [3.05, 3.63) is 37.1 Å². The Morgan fingerprint density at radius 1 is 1.19 bits per heavy atom. The van der Waals surface area contributed by atoms with Gasteiger partial charge in [-0.25, -0.2) is 4.98 Å². The van der Waals surface area contributed by atoms with Crippen molar-refractivity contribution in [1.29, 1.82) is 0 Å². The van der Waals surface area contributed by atoms with Crippen molar-refractivity contribution in [3.63, 3.8) is 0 Å². The molecule has 3 heterocycles. The normalized spacial score (nSPS) is 16.2. The van der Waals surface area contributed by atoms with Crippen LogP contribution in [0.25, 0.3) is 0 Å². The molecule has 0 aliphatic carbocycles. The number of nitrogens with zero attached hydrogens (tertiary/aromatic N) is 5. The number of likely N-dealkylation sites (tertiary alicyclic amines) is 1. The van der Waals surface area contributed by atoms with Crippen LogP contribution in [0.1, 0.15) is 19.8 Å². The van der Waals surface area contributed by atoms with Crippen molar-refractivity contribution in [2.45, 2.75) is 31.9 Å². The highest BCUT2D eigenvalue weighted by Crippen LogP contribution is 2.39. The second-order valence-electron chi connectivity index (χ2n) is 9.45. The number of methoxy groups -OCH3 is 1. The smallest absolute Gasteiger partial charge is 0.247 e. The SMILES string of the molecule is C=CC(=O)Nc1cc(Nc2nccc(OC3CN(C(C)=O)C3)n2)c(OC)cc1N1CCC(N(C)C)CC1. The monoisotopic (exact) mass is 509 g/mol. The van der Waals surface area contributed by atoms with Gasteiger partial charge in [-0.2, -0.15) is 4.98 Å². The van der Waals surface area contributed by atoms with Crippen LogP contribution in [0.15, 0.2) is 37.1 Å². The summed E-state index contributed by atoms with van der Waals surface area (Å²) >= 11 is 0. The fraction of sp³-hybridized carbons (Fsp3) is 0.462. The molecule has 0 unspecified atom stereocenters. The van der Waals surface area contributed by atoms with Gasteiger partial charge in [-0.1, -0.05) is 6.58 Å². The van der Waals surface area contributed by atoms with Gasteiger partial charge < -0.3 is 34.8 Å². The number of hydrogen-bond donors (Lipinski definition) is 2. The second kappa shape index (κ2) is 11.5. The minimum absolute atomic E-state index is 0.0295. The molecule has 0 atom stereocenters. The predicted molar refractivity (Wildman–Crippen MR) is 143 cm³/mol. The molecule has 198 valence electrons. The van der Waals surface area contributed by atoms with Gasteiger partial charge in [-0.05, 0) is 39.1 Å². The molecule has 2 aliphatic heterocycles. The third kappa shape index (κ3) is 6.29. The number of hydrogen-bond acceptors (Lipinski definition) is 9. The molecule has 37 heavy (non-hydrogen) atoms. The van der Waals surface area contributed by atoms with E-state index < -0.39 is 0 Å². The number of carbonyl (C=O) groups excluding carboxylic acids is 2. The van der Waals surface area contributed by atoms with E-state index in [1.807, 2.05) is 12.1 Å². The summed E-state index contributed by atoms with van der Waals surface area (Å²) in [7, 11) is 5.81. The Morgan fingerprint density at radius 2 is 1.92 bits per heavy atom. The molecule has 2 amide bonds. The fourth-order valence-corrected chi connectivity index (χ4v) is 4.53. The molecule has 0 saturated carbocycles. The van der Waals surface area contributed by atoms with E-state index >= 15 is 0 Å². The van der Waals surface area contributed by atoms with Gasteiger partial charge in [0, 0.05) is 44.4 Å². The average molecular weight is 510 g/mol. The molecule has 2 fully saturated rings. The first-order valence-electron chi connectivity index (χ1n) is 12.4. The van der Waals surface area contributed by atoms with Gasteiger partial charge in [0.25, 0.3) is 0 Å². The lowest BCUT2D eigenvalue weighted by atomic mass is 10.0. The summed E-state index contributed by atoms with van der Waals surface area (Å²) in [5.41, 5.74) is 2.12. The Morgan fingerprint density at radius 3 is 2.54 bits per heavy atom. The predicted octanol–water partition coefficient (Wildman–Crippen LogP) is 2.49. The van der Waals surface area contributed by atoms with Crippen LogP contribution < -0.4 is 25.0 Å². The molecule has 11 nitrogen and oxygen atoms in total. The zero-order valence-corrected chi connectivity index (χ0v) is 21.9. The van der Waals surface area contributed by atoms with E-state index in [0.29, 0.717) is 48.1 Å². The van der Waals surface area contributed by atoms with Crippen molar-refractivity contribution in [1.82, 2.24) is 19.8 Å². The van der Waals surface area contributed by atoms with Crippen molar-refractivity contribution >= 4 is 34.8 Å². The van der Waals surface area contributed by atoms with Crippen molar-refractivity contribution in [2.75, 3.05) is 62.9 Å². The largest absolute Gasteiger partial charge is 0.494 e. The lowest BCUT2D eigenvalue weighted by Gasteiger charge is -2.37. The van der Waals surface area contributed by atoms with Crippen LogP contribution in [-0.2, 0) is 9.59 Å². The van der Waals surface area contributed by atoms with Crippen LogP contribution in [0, 0.1) is 0 Å². The van der Waals surface area contributed by atoms with Crippen LogP contribution >= 0.6 is 0 Å². The first-order valence-corrected chi connectivity index (χ1v) is 12.4. The standard InChI is InChI=1S/C26H35N7O4/c1-6-24(35)28-20-13-21(23(36-5)14-22(20)32-11-8-18(9-12-32)31(3)4)29-26-27-10-7-25(30-26)37-19-15-33(16-19)17(2)34/h6-7,10,13-14,18-19H,1,8-9,11-12,15-16H2,2-5H3,(H,28,35)(H,27,29,30). The van der Waals surface area contributed by atoms with Crippen molar-refractivity contribution in [3.8, 4) is 11.6 Å². The number of piperidine rings is 1. The molecule has 2 N–H and O–H groups in total. The van der Waals surface area contributed by atoms with Gasteiger partial charge in [0.1, 0.15) is 11.9 Å². The summed E-state index contributed by atoms with van der Waals surface area (Å²) in [6, 6.07) is 5.94. The molecule has 2 saturated heterocycles. The topological polar surface area (TPSA) is 112 Å². The molecule has 1 aromatic heterocycles. The first-order chi connectivity index (χ1) is 17.8. The third-order valence-corrected chi connectivity index (χ3v) is 6.75. The zero-order valence-electron chi connectivity index (χ0n) is 21.9. The summed E-state index contributed by atoms with van der Waals surface area (Å²) in [4.78, 5) is 38.7. The molecule has 11 heteroatoms. The van der Waals surface area contributed by atoms with Crippen molar-refractivity contribution < 1.29 is 19.1 Å². The number of nitrogens with one attached hydrogen (secondary N) is 2. The highest BCUT2D eigenvalue weighted by atomic mass is 16.5. The van der Waals surface area contributed by atoms with Crippen LogP contribution in [0.2, 0.25) is 0 Å². The summed E-state index contributed by atoms with van der Waals surface area (Å²) < 4.78 is 11.6. The fourth-order valence-electron chi connectivity index (χ4n) is 4.53. The van der Waals surface area contributed by atoms with E-state index in [-0.39, 0.29) is 17.9 Å². The van der Waals surface area contributed by atoms with Gasteiger partial charge in [0.15, 0.2) is 0 Å². The van der Waals surface area contributed by atoms with E-state index in [2.05, 4.69) is 51.1 Å². The molecule has 0 radical (unpaired) electrons. The number of anilines is 4. The molecular formula is C26H35N7O4. The average Bonchev–Trinajstić information content (AvgIpc) is 2.86. The van der Waals surface area contributed by atoms with Crippen molar-refractivity contribution in [2.24, 2.45) is 0 Å². The first kappa shape index (κ1) is 26.2. The van der Waals surface area contributed by atoms with E-state index in [0.717, 1.165) is 31.6 Å². The van der Waals surface area contributed by atoms with Crippen LogP contribution in [-0.4, -0.2) is 91.1 Å². The van der Waals surface area contributed by atoms with Gasteiger partial charge >= 0.3 is 0 Å². The zero-order chi connectivity index (χ0) is 26.5. The summed E-state index contributed by atoms with van der Waals surface area (Å²) in [6.07, 6.45) is 4.79. The third-order valence-electron chi connectivity index (χ3n) is 6.75. The molecular weight excluding hydrogens is 474 g/mol. The number of rotatable bonds is 9. The number of aromatic nitrogens is 2. The Balaban J connectivity index is 1.55. The van der Waals surface area contributed by atoms with Crippen LogP contribution in [0.4, 0.5) is 23.0 Å². The van der Waals surface area contributed by atoms with E-state index in [9.17, 15) is 9.59 Å². The Bertz CT molecular complexity index is 1140. The van der Waals surface area contributed by atoms with Crippen LogP contribution in [0.3, 0.4) is 0 Å². The van der Waals surface area contributed by atoms with E-state index in [1.165, 1.54) is 6.08 Å². The highest BCUT2D eigenvalue weighted by Gasteiger charge is 2.30. The summed E-state index contributed by atoms with van der Waals surface area (Å²) in [6.45, 7) is 7.92. The Hall–Kier alpha value is -3.86. The summed E-state index contributed by atoms with van der Waals surface area (Å²) in [5, 5.41) is 6.12. The van der Waals surface area contributed by atoms with Gasteiger partial charge in [-0.15, -0.1) is 0 Å². The number of carbonyl (C=O) groups is 2. The molecule has 0 bridgehead atoms. The van der Waals surface area contributed by atoms with E-state index in [1.54, 1.807) is 31.2 Å². The van der Waals surface area contributed by atoms with Gasteiger partial charge in [0.05, 0.1) is 37.3 Å². The van der Waals surface area contributed by atoms with Gasteiger partial charge in [0.2, 0.25) is 23.6 Å². The lowest BCUT2D eigenvalue weighted by Crippen LogP contribution is -2.55. The maximum absolute atomic E-state index is 12.3. The molecule has 2 aliphatic rings. The minimum atomic E-state index is -0.299. The highest BCUT2D eigenvalue weighted by molar-refractivity contribution is 6.02. The molecule has 4 rings (SSSR count). The Labute approximate surface area is 217 Å². The number of amides is 2. The maximum atomic E-state index is 12.3. The quantitative estimate of drug-likeness (QED) is 0.493. The van der Waals surface area contributed by atoms with E-state index in [4.69, 9.17) is 9.47 Å². The molecule has 1 aromatic carbocycles. The molecule has 2 aromatic rings. The van der Waals surface area contributed by atoms with Gasteiger partial charge in [-0.3, -0.25) is 9.59 Å². The van der Waals surface area contributed by atoms with Crippen LogP contribution in [0.5, 0.6) is 11.6 Å². The number of ether oxygens (including phenoxy) is 2. The minimum Gasteiger partial charge on any atom is -0.494 e. The molecule has 0 spiro atoms. The maximum Gasteiger partial charge on any atom is 0.247 e. The number of benzene rings is 1. The summed E-state index contributed by atoms with van der Waals surface area (Å²) in [5.74, 6) is 1.05. The second-order valence-corrected chi connectivity index (χ2v) is 9.45. The Kier molecular flexibility index (Phi) is 8.12.